The number of nitrogens with two attached hydrogens (primary N) is 1. The van der Waals surface area contributed by atoms with Crippen LogP contribution in [0.15, 0.2) is 24.3 Å². The van der Waals surface area contributed by atoms with E-state index < -0.39 is 0 Å². The molecule has 3 nitrogen and oxygen atoms in total. The molecule has 0 aliphatic heterocycles. The molecule has 4 heteroatoms. The fraction of sp³-hybridized carbons (Fsp3) is 0.625. The lowest BCUT2D eigenvalue weighted by Crippen LogP contribution is -2.57. The second-order valence-electron chi connectivity index (χ2n) is 5.13. The zero-order chi connectivity index (χ0) is 15.2. The number of nitrogens with zero attached hydrogens (tertiary/aromatic N) is 1. The van der Waals surface area contributed by atoms with E-state index in [1.54, 1.807) is 0 Å². The summed E-state index contributed by atoms with van der Waals surface area (Å²) in [5, 5.41) is 0. The Morgan fingerprint density at radius 3 is 1.95 bits per heavy atom. The van der Waals surface area contributed by atoms with Gasteiger partial charge in [-0.1, -0.05) is 39.8 Å². The molecule has 0 aliphatic carbocycles. The minimum absolute atomic E-state index is 0.0157. The molecule has 0 fully saturated rings. The Balaban J connectivity index is 3.24. The lowest BCUT2D eigenvalue weighted by molar-refractivity contribution is 0.0487. The van der Waals surface area contributed by atoms with Crippen LogP contribution in [0.4, 0.5) is 4.39 Å². The van der Waals surface area contributed by atoms with Crippen molar-refractivity contribution < 1.29 is 4.39 Å². The Bertz CT molecular complexity index is 383. The van der Waals surface area contributed by atoms with Crippen LogP contribution in [0.25, 0.3) is 0 Å². The van der Waals surface area contributed by atoms with E-state index in [0.717, 1.165) is 31.5 Å². The molecular weight excluding hydrogens is 253 g/mol. The van der Waals surface area contributed by atoms with Crippen molar-refractivity contribution in [2.45, 2.75) is 52.1 Å². The molecule has 1 unspecified atom stereocenters. The van der Waals surface area contributed by atoms with Crippen molar-refractivity contribution in [1.29, 1.82) is 0 Å². The monoisotopic (exact) mass is 281 g/mol. The first-order chi connectivity index (χ1) is 9.59. The van der Waals surface area contributed by atoms with Gasteiger partial charge in [0.25, 0.3) is 0 Å². The van der Waals surface area contributed by atoms with E-state index >= 15 is 0 Å². The SMILES string of the molecule is CCN(CC)C(CC)(CC)C(NN)c1ccc(F)cc1. The number of benzene rings is 1. The van der Waals surface area contributed by atoms with Crippen molar-refractivity contribution in [2.24, 2.45) is 5.84 Å². The Labute approximate surface area is 122 Å². The van der Waals surface area contributed by atoms with E-state index in [1.165, 1.54) is 12.1 Å². The topological polar surface area (TPSA) is 41.3 Å². The van der Waals surface area contributed by atoms with Crippen molar-refractivity contribution in [3.8, 4) is 0 Å². The van der Waals surface area contributed by atoms with Gasteiger partial charge < -0.3 is 0 Å². The summed E-state index contributed by atoms with van der Waals surface area (Å²) >= 11 is 0. The summed E-state index contributed by atoms with van der Waals surface area (Å²) in [4.78, 5) is 2.45. The van der Waals surface area contributed by atoms with Gasteiger partial charge in [-0.2, -0.15) is 0 Å². The summed E-state index contributed by atoms with van der Waals surface area (Å²) in [7, 11) is 0. The standard InChI is InChI=1S/C16H28FN3/c1-5-16(6-2,20(7-3)8-4)15(19-18)13-9-11-14(17)12-10-13/h9-12,15,19H,5-8,18H2,1-4H3. The van der Waals surface area contributed by atoms with Gasteiger partial charge in [0.2, 0.25) is 0 Å². The second kappa shape index (κ2) is 7.72. The van der Waals surface area contributed by atoms with Gasteiger partial charge in [0.15, 0.2) is 0 Å². The summed E-state index contributed by atoms with van der Waals surface area (Å²) < 4.78 is 13.1. The van der Waals surface area contributed by atoms with Crippen LogP contribution in [0.2, 0.25) is 0 Å². The number of hydrogen-bond donors (Lipinski definition) is 2. The molecule has 0 heterocycles. The lowest BCUT2D eigenvalue weighted by atomic mass is 9.79. The number of hydrogen-bond acceptors (Lipinski definition) is 3. The third-order valence-electron chi connectivity index (χ3n) is 4.53. The molecule has 1 aromatic carbocycles. The molecule has 1 rings (SSSR count). The lowest BCUT2D eigenvalue weighted by Gasteiger charge is -2.48. The van der Waals surface area contributed by atoms with E-state index in [9.17, 15) is 4.39 Å². The van der Waals surface area contributed by atoms with Gasteiger partial charge in [-0.05, 0) is 43.6 Å². The molecule has 0 spiro atoms. The van der Waals surface area contributed by atoms with Gasteiger partial charge in [0, 0.05) is 5.54 Å². The predicted octanol–water partition coefficient (Wildman–Crippen LogP) is 3.23. The van der Waals surface area contributed by atoms with E-state index in [2.05, 4.69) is 38.0 Å². The predicted molar refractivity (Wildman–Crippen MR) is 82.7 cm³/mol. The van der Waals surface area contributed by atoms with E-state index in [-0.39, 0.29) is 17.4 Å². The maximum atomic E-state index is 13.1. The first-order valence-electron chi connectivity index (χ1n) is 7.56. The minimum atomic E-state index is -0.217. The highest BCUT2D eigenvalue weighted by Crippen LogP contribution is 2.36. The van der Waals surface area contributed by atoms with E-state index in [0.29, 0.717) is 0 Å². The molecular formula is C16H28FN3. The fourth-order valence-electron chi connectivity index (χ4n) is 3.36. The van der Waals surface area contributed by atoms with Crippen molar-refractivity contribution in [3.05, 3.63) is 35.6 Å². The summed E-state index contributed by atoms with van der Waals surface area (Å²) in [5.74, 6) is 5.64. The van der Waals surface area contributed by atoms with Crippen LogP contribution < -0.4 is 11.3 Å². The third kappa shape index (κ3) is 3.19. The highest BCUT2D eigenvalue weighted by molar-refractivity contribution is 5.24. The third-order valence-corrected chi connectivity index (χ3v) is 4.53. The first kappa shape index (κ1) is 17.1. The molecule has 0 bridgehead atoms. The second-order valence-corrected chi connectivity index (χ2v) is 5.13. The van der Waals surface area contributed by atoms with Gasteiger partial charge >= 0.3 is 0 Å². The van der Waals surface area contributed by atoms with E-state index in [4.69, 9.17) is 5.84 Å². The maximum Gasteiger partial charge on any atom is 0.123 e. The number of likely N-dealkylation sites (N-methyl/N-ethyl adjacent to an activating group) is 1. The van der Waals surface area contributed by atoms with E-state index in [1.807, 2.05) is 12.1 Å². The zero-order valence-corrected chi connectivity index (χ0v) is 13.1. The van der Waals surface area contributed by atoms with Crippen molar-refractivity contribution in [1.82, 2.24) is 10.3 Å². The van der Waals surface area contributed by atoms with Gasteiger partial charge in [-0.3, -0.25) is 16.2 Å². The van der Waals surface area contributed by atoms with Gasteiger partial charge in [0.1, 0.15) is 5.82 Å². The van der Waals surface area contributed by atoms with Crippen LogP contribution >= 0.6 is 0 Å². The highest BCUT2D eigenvalue weighted by Gasteiger charge is 2.40. The van der Waals surface area contributed by atoms with Crippen molar-refractivity contribution in [2.75, 3.05) is 13.1 Å². The van der Waals surface area contributed by atoms with Gasteiger partial charge in [-0.25, -0.2) is 4.39 Å². The molecule has 0 saturated heterocycles. The number of halogens is 1. The smallest absolute Gasteiger partial charge is 0.123 e. The summed E-state index contributed by atoms with van der Waals surface area (Å²) in [6.07, 6.45) is 1.97. The van der Waals surface area contributed by atoms with Crippen LogP contribution in [-0.4, -0.2) is 23.5 Å². The zero-order valence-electron chi connectivity index (χ0n) is 13.1. The molecule has 3 N–H and O–H groups in total. The Morgan fingerprint density at radius 1 is 1.10 bits per heavy atom. The Morgan fingerprint density at radius 2 is 1.60 bits per heavy atom. The number of rotatable bonds is 8. The van der Waals surface area contributed by atoms with Crippen LogP contribution in [0.5, 0.6) is 0 Å². The molecule has 1 atom stereocenters. The molecule has 0 saturated carbocycles. The van der Waals surface area contributed by atoms with Crippen LogP contribution in [0.3, 0.4) is 0 Å². The molecule has 0 aromatic heterocycles. The average molecular weight is 281 g/mol. The minimum Gasteiger partial charge on any atom is -0.296 e. The Hall–Kier alpha value is -0.970. The Kier molecular flexibility index (Phi) is 6.59. The summed E-state index contributed by atoms with van der Waals surface area (Å²) in [5.41, 5.74) is 3.94. The maximum absolute atomic E-state index is 13.1. The normalized spacial score (nSPS) is 13.8. The molecule has 1 aromatic rings. The number of hydrazine groups is 1. The molecule has 114 valence electrons. The van der Waals surface area contributed by atoms with Crippen molar-refractivity contribution in [3.63, 3.8) is 0 Å². The van der Waals surface area contributed by atoms with Crippen molar-refractivity contribution >= 4 is 0 Å². The fourth-order valence-corrected chi connectivity index (χ4v) is 3.36. The molecule has 0 amide bonds. The van der Waals surface area contributed by atoms with Crippen LogP contribution in [-0.2, 0) is 0 Å². The number of nitrogens with one attached hydrogen (secondary N) is 1. The van der Waals surface area contributed by atoms with Crippen LogP contribution in [0, 0.1) is 5.82 Å². The van der Waals surface area contributed by atoms with Gasteiger partial charge in [-0.15, -0.1) is 0 Å². The molecule has 0 aliphatic rings. The van der Waals surface area contributed by atoms with Gasteiger partial charge in [0.05, 0.1) is 6.04 Å². The largest absolute Gasteiger partial charge is 0.296 e. The first-order valence-corrected chi connectivity index (χ1v) is 7.56. The van der Waals surface area contributed by atoms with Crippen LogP contribution in [0.1, 0.15) is 52.1 Å². The highest BCUT2D eigenvalue weighted by atomic mass is 19.1. The average Bonchev–Trinajstić information content (AvgIpc) is 2.49. The molecule has 0 radical (unpaired) electrons. The quantitative estimate of drug-likeness (QED) is 0.568. The summed E-state index contributed by atoms with van der Waals surface area (Å²) in [6.45, 7) is 10.7. The summed E-state index contributed by atoms with van der Waals surface area (Å²) in [6, 6.07) is 6.63. The molecule has 20 heavy (non-hydrogen) atoms.